The molecule has 0 radical (unpaired) electrons. The Labute approximate surface area is 270 Å². The molecule has 1 fully saturated rings. The van der Waals surface area contributed by atoms with E-state index in [9.17, 15) is 9.59 Å². The number of anilines is 4. The molecule has 1 N–H and O–H groups in total. The molecule has 0 spiro atoms. The van der Waals surface area contributed by atoms with Crippen LogP contribution in [0.15, 0.2) is 53.6 Å². The SMILES string of the molecule is COc1cc(N2CCN(C(C)=O)CC2)ccc1Nc1ncc(SC)c(Oc2cccc(N(C(=O)OC(C)(C)C)C(C)(C)C)c2)n1. The molecular weight excluding hydrogens is 592 g/mol. The van der Waals surface area contributed by atoms with Crippen LogP contribution in [-0.2, 0) is 9.53 Å². The maximum Gasteiger partial charge on any atom is 0.415 e. The van der Waals surface area contributed by atoms with E-state index in [0.717, 1.165) is 23.7 Å². The Bertz CT molecular complexity index is 1510. The lowest BCUT2D eigenvalue weighted by Crippen LogP contribution is -2.48. The fraction of sp³-hybridized carbons (Fsp3) is 0.455. The van der Waals surface area contributed by atoms with Crippen LogP contribution >= 0.6 is 11.8 Å². The Morgan fingerprint density at radius 1 is 1.00 bits per heavy atom. The van der Waals surface area contributed by atoms with E-state index < -0.39 is 17.2 Å². The van der Waals surface area contributed by atoms with Crippen LogP contribution in [0.5, 0.6) is 17.4 Å². The summed E-state index contributed by atoms with van der Waals surface area (Å²) in [6, 6.07) is 13.2. The van der Waals surface area contributed by atoms with Crippen molar-refractivity contribution in [2.24, 2.45) is 0 Å². The Morgan fingerprint density at radius 2 is 1.71 bits per heavy atom. The number of carbonyl (C=O) groups is 2. The molecule has 242 valence electrons. The molecule has 12 heteroatoms. The molecule has 11 nitrogen and oxygen atoms in total. The summed E-state index contributed by atoms with van der Waals surface area (Å²) >= 11 is 1.47. The number of aromatic nitrogens is 2. The third-order valence-corrected chi connectivity index (χ3v) is 7.72. The molecule has 1 aliphatic rings. The lowest BCUT2D eigenvalue weighted by Gasteiger charge is -2.36. The summed E-state index contributed by atoms with van der Waals surface area (Å²) < 4.78 is 17.7. The van der Waals surface area contributed by atoms with Crippen LogP contribution in [0, 0.1) is 0 Å². The Hall–Kier alpha value is -4.19. The fourth-order valence-electron chi connectivity index (χ4n) is 4.88. The van der Waals surface area contributed by atoms with Gasteiger partial charge in [-0.1, -0.05) is 6.07 Å². The van der Waals surface area contributed by atoms with Gasteiger partial charge in [-0.15, -0.1) is 11.8 Å². The Morgan fingerprint density at radius 3 is 2.31 bits per heavy atom. The van der Waals surface area contributed by atoms with Crippen molar-refractivity contribution in [1.82, 2.24) is 14.9 Å². The van der Waals surface area contributed by atoms with E-state index in [-0.39, 0.29) is 5.91 Å². The van der Waals surface area contributed by atoms with Crippen molar-refractivity contribution in [3.05, 3.63) is 48.7 Å². The molecule has 1 saturated heterocycles. The fourth-order valence-corrected chi connectivity index (χ4v) is 5.30. The second-order valence-electron chi connectivity index (χ2n) is 12.7. The van der Waals surface area contributed by atoms with Gasteiger partial charge in [0.2, 0.25) is 17.7 Å². The summed E-state index contributed by atoms with van der Waals surface area (Å²) in [7, 11) is 1.62. The highest BCUT2D eigenvalue weighted by atomic mass is 32.2. The lowest BCUT2D eigenvalue weighted by molar-refractivity contribution is -0.129. The zero-order valence-electron chi connectivity index (χ0n) is 27.6. The quantitative estimate of drug-likeness (QED) is 0.261. The molecule has 1 aliphatic heterocycles. The number of nitrogens with one attached hydrogen (secondary N) is 1. The first-order valence-electron chi connectivity index (χ1n) is 14.9. The van der Waals surface area contributed by atoms with Gasteiger partial charge >= 0.3 is 6.09 Å². The molecule has 3 aromatic rings. The highest BCUT2D eigenvalue weighted by Crippen LogP contribution is 2.36. The number of hydrogen-bond donors (Lipinski definition) is 1. The van der Waals surface area contributed by atoms with Crippen LogP contribution in [0.2, 0.25) is 0 Å². The van der Waals surface area contributed by atoms with Gasteiger partial charge in [0, 0.05) is 62.7 Å². The van der Waals surface area contributed by atoms with Gasteiger partial charge in [0.25, 0.3) is 0 Å². The van der Waals surface area contributed by atoms with Crippen LogP contribution in [-0.4, -0.2) is 77.6 Å². The van der Waals surface area contributed by atoms with Gasteiger partial charge in [-0.3, -0.25) is 9.69 Å². The van der Waals surface area contributed by atoms with E-state index >= 15 is 0 Å². The summed E-state index contributed by atoms with van der Waals surface area (Å²) in [6.07, 6.45) is 3.19. The number of piperazine rings is 1. The van der Waals surface area contributed by atoms with Gasteiger partial charge in [0.05, 0.1) is 23.4 Å². The molecule has 2 amide bonds. The molecule has 2 aromatic carbocycles. The maximum atomic E-state index is 13.2. The van der Waals surface area contributed by atoms with E-state index in [0.29, 0.717) is 47.8 Å². The van der Waals surface area contributed by atoms with Gasteiger partial charge in [0.1, 0.15) is 17.1 Å². The third-order valence-electron chi connectivity index (χ3n) is 7.00. The standard InChI is InChI=1S/C33H44N6O5S/c1-22(40)37-15-17-38(18-16-37)23-13-14-26(27(20-23)42-8)35-30-34-21-28(45-9)29(36-30)43-25-12-10-11-24(19-25)39(32(2,3)4)31(41)44-33(5,6)7/h10-14,19-21H,15-18H2,1-9H3,(H,34,35,36). The molecule has 2 heterocycles. The van der Waals surface area contributed by atoms with Crippen molar-refractivity contribution in [2.75, 3.05) is 54.7 Å². The van der Waals surface area contributed by atoms with E-state index in [4.69, 9.17) is 14.2 Å². The van der Waals surface area contributed by atoms with Crippen molar-refractivity contribution in [1.29, 1.82) is 0 Å². The van der Waals surface area contributed by atoms with Gasteiger partial charge in [-0.2, -0.15) is 4.98 Å². The number of amides is 2. The zero-order valence-corrected chi connectivity index (χ0v) is 28.4. The second-order valence-corrected chi connectivity index (χ2v) is 13.5. The van der Waals surface area contributed by atoms with Crippen LogP contribution in [0.4, 0.5) is 27.8 Å². The molecule has 4 rings (SSSR count). The molecule has 0 aliphatic carbocycles. The predicted octanol–water partition coefficient (Wildman–Crippen LogP) is 6.95. The van der Waals surface area contributed by atoms with Crippen LogP contribution in [0.3, 0.4) is 0 Å². The van der Waals surface area contributed by atoms with Gasteiger partial charge in [0.15, 0.2) is 0 Å². The topological polar surface area (TPSA) is 109 Å². The van der Waals surface area contributed by atoms with Crippen molar-refractivity contribution in [2.45, 2.75) is 64.5 Å². The number of rotatable bonds is 8. The second kappa shape index (κ2) is 13.8. The number of benzene rings is 2. The Kier molecular flexibility index (Phi) is 10.4. The molecule has 0 saturated carbocycles. The van der Waals surface area contributed by atoms with E-state index in [1.54, 1.807) is 31.2 Å². The molecule has 0 atom stereocenters. The first-order chi connectivity index (χ1) is 21.2. The molecular formula is C33H44N6O5S. The first-order valence-corrected chi connectivity index (χ1v) is 16.1. The van der Waals surface area contributed by atoms with Gasteiger partial charge in [-0.25, -0.2) is 9.78 Å². The van der Waals surface area contributed by atoms with Crippen molar-refractivity contribution < 1.29 is 23.8 Å². The van der Waals surface area contributed by atoms with Crippen molar-refractivity contribution in [3.8, 4) is 17.4 Å². The predicted molar refractivity (Wildman–Crippen MR) is 180 cm³/mol. The van der Waals surface area contributed by atoms with E-state index in [1.807, 2.05) is 89.1 Å². The molecule has 45 heavy (non-hydrogen) atoms. The first kappa shape index (κ1) is 33.7. The average Bonchev–Trinajstić information content (AvgIpc) is 2.96. The molecule has 1 aromatic heterocycles. The summed E-state index contributed by atoms with van der Waals surface area (Å²) in [5.41, 5.74) is 1.17. The Balaban J connectivity index is 1.55. The van der Waals surface area contributed by atoms with Crippen molar-refractivity contribution >= 4 is 46.8 Å². The number of ether oxygens (including phenoxy) is 3. The number of nitrogens with zero attached hydrogens (tertiary/aromatic N) is 5. The van der Waals surface area contributed by atoms with Crippen molar-refractivity contribution in [3.63, 3.8) is 0 Å². The number of thioether (sulfide) groups is 1. The normalized spacial score (nSPS) is 13.7. The van der Waals surface area contributed by atoms with Crippen LogP contribution in [0.1, 0.15) is 48.5 Å². The smallest absolute Gasteiger partial charge is 0.415 e. The summed E-state index contributed by atoms with van der Waals surface area (Å²) in [5, 5.41) is 3.26. The molecule has 0 unspecified atom stereocenters. The third kappa shape index (κ3) is 8.72. The van der Waals surface area contributed by atoms with E-state index in [2.05, 4.69) is 20.2 Å². The zero-order chi connectivity index (χ0) is 32.9. The van der Waals surface area contributed by atoms with Crippen LogP contribution in [0.25, 0.3) is 0 Å². The van der Waals surface area contributed by atoms with Gasteiger partial charge in [-0.05, 0) is 72.1 Å². The number of methoxy groups -OCH3 is 1. The number of carbonyl (C=O) groups excluding carboxylic acids is 2. The van der Waals surface area contributed by atoms with Crippen LogP contribution < -0.4 is 24.6 Å². The minimum Gasteiger partial charge on any atom is -0.494 e. The minimum atomic E-state index is -0.638. The minimum absolute atomic E-state index is 0.100. The maximum absolute atomic E-state index is 13.2. The summed E-state index contributed by atoms with van der Waals surface area (Å²) in [5.74, 6) is 1.96. The summed E-state index contributed by atoms with van der Waals surface area (Å²) in [4.78, 5) is 40.5. The largest absolute Gasteiger partial charge is 0.494 e. The monoisotopic (exact) mass is 636 g/mol. The molecule has 0 bridgehead atoms. The lowest BCUT2D eigenvalue weighted by atomic mass is 10.1. The highest BCUT2D eigenvalue weighted by molar-refractivity contribution is 7.98. The van der Waals surface area contributed by atoms with Gasteiger partial charge < -0.3 is 29.3 Å². The average molecular weight is 637 g/mol. The highest BCUT2D eigenvalue weighted by Gasteiger charge is 2.32. The summed E-state index contributed by atoms with van der Waals surface area (Å²) in [6.45, 7) is 15.9. The van der Waals surface area contributed by atoms with E-state index in [1.165, 1.54) is 11.8 Å². The number of hydrogen-bond acceptors (Lipinski definition) is 10.